The number of furan rings is 1. The Hall–Kier alpha value is -2.58. The molecule has 2 amide bonds. The fourth-order valence-electron chi connectivity index (χ4n) is 2.58. The van der Waals surface area contributed by atoms with Crippen molar-refractivity contribution in [2.24, 2.45) is 5.73 Å². The molecule has 1 unspecified atom stereocenters. The number of hydrogen-bond acceptors (Lipinski definition) is 4. The molecule has 1 aromatic carbocycles. The van der Waals surface area contributed by atoms with Crippen molar-refractivity contribution in [2.75, 3.05) is 6.54 Å². The second-order valence-electron chi connectivity index (χ2n) is 4.88. The van der Waals surface area contributed by atoms with E-state index in [0.717, 1.165) is 10.9 Å². The van der Waals surface area contributed by atoms with E-state index in [-0.39, 0.29) is 24.3 Å². The van der Waals surface area contributed by atoms with Gasteiger partial charge in [0.25, 0.3) is 0 Å². The van der Waals surface area contributed by atoms with Crippen LogP contribution >= 0.6 is 0 Å². The highest BCUT2D eigenvalue weighted by Gasteiger charge is 2.29. The van der Waals surface area contributed by atoms with Gasteiger partial charge in [-0.2, -0.15) is 0 Å². The highest BCUT2D eigenvalue weighted by atomic mass is 16.3. The largest absolute Gasteiger partial charge is 0.448 e. The maximum atomic E-state index is 12.0. The van der Waals surface area contributed by atoms with Gasteiger partial charge < -0.3 is 10.2 Å². The van der Waals surface area contributed by atoms with Gasteiger partial charge >= 0.3 is 0 Å². The fraction of sp³-hybridized carbons (Fsp3) is 0.250. The van der Waals surface area contributed by atoms with E-state index in [1.165, 1.54) is 0 Å². The van der Waals surface area contributed by atoms with Gasteiger partial charge in [-0.3, -0.25) is 14.9 Å². The molecule has 106 valence electrons. The van der Waals surface area contributed by atoms with Crippen LogP contribution in [0.4, 0.5) is 0 Å². The minimum absolute atomic E-state index is 0.217. The molecule has 1 aliphatic heterocycles. The van der Waals surface area contributed by atoms with Crippen LogP contribution < -0.4 is 11.1 Å². The van der Waals surface area contributed by atoms with Gasteiger partial charge in [0.05, 0.1) is 12.5 Å². The summed E-state index contributed by atoms with van der Waals surface area (Å²) in [5.41, 5.74) is 6.89. The van der Waals surface area contributed by atoms with Gasteiger partial charge in [0.1, 0.15) is 5.58 Å². The first-order valence-electron chi connectivity index (χ1n) is 6.74. The summed E-state index contributed by atoms with van der Waals surface area (Å²) >= 11 is 0. The molecule has 1 fully saturated rings. The van der Waals surface area contributed by atoms with Gasteiger partial charge in [0.2, 0.25) is 11.8 Å². The lowest BCUT2D eigenvalue weighted by molar-refractivity contribution is -0.134. The molecule has 21 heavy (non-hydrogen) atoms. The van der Waals surface area contributed by atoms with E-state index >= 15 is 0 Å². The quantitative estimate of drug-likeness (QED) is 0.609. The number of nitrogens with two attached hydrogens (primary N) is 1. The lowest BCUT2D eigenvalue weighted by Gasteiger charge is -2.21. The van der Waals surface area contributed by atoms with Crippen molar-refractivity contribution in [1.82, 2.24) is 5.32 Å². The van der Waals surface area contributed by atoms with Gasteiger partial charge in [-0.1, -0.05) is 18.1 Å². The molecule has 2 heterocycles. The van der Waals surface area contributed by atoms with Crippen LogP contribution in [0.3, 0.4) is 0 Å². The minimum atomic E-state index is -0.334. The normalized spacial score (nSPS) is 18.2. The molecule has 0 aliphatic carbocycles. The number of piperidine rings is 1. The zero-order valence-electron chi connectivity index (χ0n) is 11.3. The standard InChI is InChI=1S/C16H14N2O3/c17-8-2-3-10-9-13-11(4-1-5-14(13)21-10)12-6-7-15(19)18-16(12)20/h1,4-5,9,12H,6-8,17H2,(H,18,19,20). The minimum Gasteiger partial charge on any atom is -0.448 e. The van der Waals surface area contributed by atoms with Crippen molar-refractivity contribution in [3.05, 3.63) is 35.6 Å². The van der Waals surface area contributed by atoms with Crippen molar-refractivity contribution >= 4 is 22.8 Å². The fourth-order valence-corrected chi connectivity index (χ4v) is 2.58. The van der Waals surface area contributed by atoms with E-state index < -0.39 is 0 Å². The van der Waals surface area contributed by atoms with Crippen LogP contribution in [0.5, 0.6) is 0 Å². The highest BCUT2D eigenvalue weighted by molar-refractivity contribution is 6.02. The number of nitrogens with one attached hydrogen (secondary N) is 1. The van der Waals surface area contributed by atoms with E-state index in [1.54, 1.807) is 0 Å². The van der Waals surface area contributed by atoms with Crippen LogP contribution in [0.1, 0.15) is 30.1 Å². The molecule has 3 N–H and O–H groups in total. The Morgan fingerprint density at radius 1 is 1.38 bits per heavy atom. The second-order valence-corrected chi connectivity index (χ2v) is 4.88. The summed E-state index contributed by atoms with van der Waals surface area (Å²) in [6.07, 6.45) is 0.864. The predicted octanol–water partition coefficient (Wildman–Crippen LogP) is 1.26. The number of imide groups is 1. The molecule has 1 aliphatic rings. The highest BCUT2D eigenvalue weighted by Crippen LogP contribution is 2.32. The predicted molar refractivity (Wildman–Crippen MR) is 77.3 cm³/mol. The molecule has 5 heteroatoms. The molecule has 2 aromatic rings. The summed E-state index contributed by atoms with van der Waals surface area (Å²) in [5.74, 6) is 5.30. The Bertz CT molecular complexity index is 780. The Kier molecular flexibility index (Phi) is 3.46. The first-order valence-corrected chi connectivity index (χ1v) is 6.74. The Morgan fingerprint density at radius 3 is 3.00 bits per heavy atom. The smallest absolute Gasteiger partial charge is 0.234 e. The van der Waals surface area contributed by atoms with Gasteiger partial charge in [0, 0.05) is 17.9 Å². The summed E-state index contributed by atoms with van der Waals surface area (Å²) in [6.45, 7) is 0.261. The number of rotatable bonds is 1. The van der Waals surface area contributed by atoms with Gasteiger partial charge in [0.15, 0.2) is 5.76 Å². The Balaban J connectivity index is 2.04. The maximum Gasteiger partial charge on any atom is 0.234 e. The SMILES string of the molecule is NCC#Cc1cc2c(C3CCC(=O)NC3=O)cccc2o1. The van der Waals surface area contributed by atoms with Crippen LogP contribution in [-0.4, -0.2) is 18.4 Å². The van der Waals surface area contributed by atoms with Crippen LogP contribution in [-0.2, 0) is 9.59 Å². The van der Waals surface area contributed by atoms with Gasteiger partial charge in [-0.05, 0) is 24.0 Å². The molecule has 3 rings (SSSR count). The summed E-state index contributed by atoms with van der Waals surface area (Å²) in [6, 6.07) is 7.37. The number of carbonyl (C=O) groups excluding carboxylic acids is 2. The summed E-state index contributed by atoms with van der Waals surface area (Å²) in [4.78, 5) is 23.3. The van der Waals surface area contributed by atoms with E-state index in [2.05, 4.69) is 17.2 Å². The molecule has 1 saturated heterocycles. The van der Waals surface area contributed by atoms with E-state index in [0.29, 0.717) is 24.2 Å². The molecular formula is C16H14N2O3. The van der Waals surface area contributed by atoms with E-state index in [1.807, 2.05) is 24.3 Å². The average molecular weight is 282 g/mol. The van der Waals surface area contributed by atoms with Crippen LogP contribution in [0, 0.1) is 11.8 Å². The molecule has 0 bridgehead atoms. The molecule has 0 radical (unpaired) electrons. The van der Waals surface area contributed by atoms with E-state index in [4.69, 9.17) is 10.2 Å². The van der Waals surface area contributed by atoms with Crippen molar-refractivity contribution < 1.29 is 14.0 Å². The van der Waals surface area contributed by atoms with Crippen molar-refractivity contribution in [2.45, 2.75) is 18.8 Å². The zero-order chi connectivity index (χ0) is 14.8. The monoisotopic (exact) mass is 282 g/mol. The summed E-state index contributed by atoms with van der Waals surface area (Å²) < 4.78 is 5.63. The Labute approximate surface area is 121 Å². The summed E-state index contributed by atoms with van der Waals surface area (Å²) in [5, 5.41) is 3.24. The summed E-state index contributed by atoms with van der Waals surface area (Å²) in [7, 11) is 0. The maximum absolute atomic E-state index is 12.0. The van der Waals surface area contributed by atoms with Gasteiger partial charge in [-0.25, -0.2) is 0 Å². The van der Waals surface area contributed by atoms with Crippen molar-refractivity contribution in [3.8, 4) is 11.8 Å². The molecule has 1 atom stereocenters. The van der Waals surface area contributed by atoms with Crippen LogP contribution in [0.2, 0.25) is 0 Å². The lowest BCUT2D eigenvalue weighted by Crippen LogP contribution is -2.39. The van der Waals surface area contributed by atoms with Crippen molar-refractivity contribution in [3.63, 3.8) is 0 Å². The van der Waals surface area contributed by atoms with Crippen molar-refractivity contribution in [1.29, 1.82) is 0 Å². The number of benzene rings is 1. The molecule has 0 saturated carbocycles. The molecule has 0 spiro atoms. The first-order chi connectivity index (χ1) is 10.2. The third-order valence-electron chi connectivity index (χ3n) is 3.52. The number of amides is 2. The molecular weight excluding hydrogens is 268 g/mol. The van der Waals surface area contributed by atoms with E-state index in [9.17, 15) is 9.59 Å². The molecule has 5 nitrogen and oxygen atoms in total. The third kappa shape index (κ3) is 2.54. The van der Waals surface area contributed by atoms with Crippen LogP contribution in [0.25, 0.3) is 11.0 Å². The average Bonchev–Trinajstić information content (AvgIpc) is 2.88. The topological polar surface area (TPSA) is 85.3 Å². The number of carbonyl (C=O) groups is 2. The zero-order valence-corrected chi connectivity index (χ0v) is 11.3. The van der Waals surface area contributed by atoms with Crippen LogP contribution in [0.15, 0.2) is 28.7 Å². The Morgan fingerprint density at radius 2 is 2.24 bits per heavy atom. The lowest BCUT2D eigenvalue weighted by atomic mass is 9.88. The molecule has 1 aromatic heterocycles. The third-order valence-corrected chi connectivity index (χ3v) is 3.52. The second kappa shape index (κ2) is 5.43. The first kappa shape index (κ1) is 13.4. The number of hydrogen-bond donors (Lipinski definition) is 2. The number of fused-ring (bicyclic) bond motifs is 1. The van der Waals surface area contributed by atoms with Gasteiger partial charge in [-0.15, -0.1) is 0 Å².